The Labute approximate surface area is 167 Å². The zero-order valence-corrected chi connectivity index (χ0v) is 15.7. The van der Waals surface area contributed by atoms with Gasteiger partial charge in [0, 0.05) is 16.7 Å². The number of hydrogen-bond acceptors (Lipinski definition) is 3. The van der Waals surface area contributed by atoms with Gasteiger partial charge in [-0.05, 0) is 23.3 Å². The SMILES string of the molecule is S=c1[nH]nc2c(-c3ccccc3)c(-c3ccccc3)c(-c3ccccc3)nn12. The Morgan fingerprint density at radius 2 is 1.14 bits per heavy atom. The van der Waals surface area contributed by atoms with E-state index >= 15 is 0 Å². The molecule has 1 N–H and O–H groups in total. The van der Waals surface area contributed by atoms with E-state index in [-0.39, 0.29) is 0 Å². The number of fused-ring (bicyclic) bond motifs is 1. The second-order valence-electron chi connectivity index (χ2n) is 6.46. The first-order chi connectivity index (χ1) is 13.8. The predicted octanol–water partition coefficient (Wildman–Crippen LogP) is 5.79. The number of aromatic amines is 1. The molecule has 0 bridgehead atoms. The van der Waals surface area contributed by atoms with Crippen LogP contribution in [0.3, 0.4) is 0 Å². The van der Waals surface area contributed by atoms with Crippen LogP contribution in [0.1, 0.15) is 0 Å². The Hall–Kier alpha value is -3.57. The highest BCUT2D eigenvalue weighted by Crippen LogP contribution is 2.40. The van der Waals surface area contributed by atoms with Crippen molar-refractivity contribution in [2.24, 2.45) is 0 Å². The summed E-state index contributed by atoms with van der Waals surface area (Å²) >= 11 is 5.45. The van der Waals surface area contributed by atoms with E-state index < -0.39 is 0 Å². The minimum atomic E-state index is 0.476. The fourth-order valence-corrected chi connectivity index (χ4v) is 3.66. The molecule has 4 nitrogen and oxygen atoms in total. The number of H-pyrrole nitrogens is 1. The second kappa shape index (κ2) is 6.87. The van der Waals surface area contributed by atoms with E-state index in [9.17, 15) is 0 Å². The zero-order valence-electron chi connectivity index (χ0n) is 14.9. The van der Waals surface area contributed by atoms with Crippen LogP contribution in [-0.4, -0.2) is 19.8 Å². The molecule has 0 amide bonds. The summed E-state index contributed by atoms with van der Waals surface area (Å²) < 4.78 is 2.19. The van der Waals surface area contributed by atoms with Gasteiger partial charge in [-0.25, -0.2) is 5.10 Å². The lowest BCUT2D eigenvalue weighted by molar-refractivity contribution is 0.917. The predicted molar refractivity (Wildman–Crippen MR) is 114 cm³/mol. The van der Waals surface area contributed by atoms with Crippen molar-refractivity contribution in [2.45, 2.75) is 0 Å². The van der Waals surface area contributed by atoms with Crippen LogP contribution in [0.4, 0.5) is 0 Å². The Bertz CT molecular complexity index is 1310. The van der Waals surface area contributed by atoms with Crippen molar-refractivity contribution in [3.63, 3.8) is 0 Å². The third-order valence-corrected chi connectivity index (χ3v) is 5.00. The van der Waals surface area contributed by atoms with Gasteiger partial charge >= 0.3 is 0 Å². The van der Waals surface area contributed by atoms with Crippen molar-refractivity contribution < 1.29 is 0 Å². The molecule has 0 aliphatic carbocycles. The van der Waals surface area contributed by atoms with Crippen molar-refractivity contribution in [2.75, 3.05) is 0 Å². The van der Waals surface area contributed by atoms with Crippen LogP contribution in [0, 0.1) is 4.77 Å². The van der Waals surface area contributed by atoms with Gasteiger partial charge in [-0.2, -0.15) is 14.7 Å². The van der Waals surface area contributed by atoms with Crippen LogP contribution in [0.25, 0.3) is 39.2 Å². The van der Waals surface area contributed by atoms with Gasteiger partial charge in [0.1, 0.15) is 0 Å². The number of hydrogen-bond donors (Lipinski definition) is 1. The molecule has 28 heavy (non-hydrogen) atoms. The first-order valence-electron chi connectivity index (χ1n) is 9.00. The summed E-state index contributed by atoms with van der Waals surface area (Å²) in [5, 5.41) is 12.3. The molecule has 0 aliphatic heterocycles. The molecule has 0 radical (unpaired) electrons. The molecule has 0 unspecified atom stereocenters. The van der Waals surface area contributed by atoms with Crippen molar-refractivity contribution in [1.82, 2.24) is 19.8 Å². The van der Waals surface area contributed by atoms with Gasteiger partial charge in [0.25, 0.3) is 0 Å². The smallest absolute Gasteiger partial charge is 0.216 e. The van der Waals surface area contributed by atoms with Crippen molar-refractivity contribution >= 4 is 17.9 Å². The minimum absolute atomic E-state index is 0.476. The molecule has 0 saturated carbocycles. The number of nitrogens with one attached hydrogen (secondary N) is 1. The zero-order chi connectivity index (χ0) is 18.9. The maximum Gasteiger partial charge on any atom is 0.216 e. The van der Waals surface area contributed by atoms with Crippen molar-refractivity contribution in [1.29, 1.82) is 0 Å². The summed E-state index contributed by atoms with van der Waals surface area (Å²) in [6.45, 7) is 0. The highest BCUT2D eigenvalue weighted by Gasteiger charge is 2.21. The van der Waals surface area contributed by atoms with E-state index in [1.165, 1.54) is 0 Å². The van der Waals surface area contributed by atoms with Crippen molar-refractivity contribution in [3.05, 3.63) is 95.8 Å². The molecule has 0 saturated heterocycles. The molecule has 2 aromatic heterocycles. The summed E-state index contributed by atoms with van der Waals surface area (Å²) in [7, 11) is 0. The summed E-state index contributed by atoms with van der Waals surface area (Å²) in [5.74, 6) is 0. The summed E-state index contributed by atoms with van der Waals surface area (Å²) in [4.78, 5) is 0. The standard InChI is InChI=1S/C23H16N4S/c28-23-25-24-22-20(17-12-6-2-7-13-17)19(16-10-4-1-5-11-16)21(26-27(22)23)18-14-8-3-9-15-18/h1-15H,(H,25,28). The van der Waals surface area contributed by atoms with E-state index in [1.807, 2.05) is 54.6 Å². The van der Waals surface area contributed by atoms with E-state index in [0.717, 1.165) is 39.2 Å². The quantitative estimate of drug-likeness (QED) is 0.403. The van der Waals surface area contributed by atoms with Gasteiger partial charge in [0.05, 0.1) is 5.69 Å². The average Bonchev–Trinajstić information content (AvgIpc) is 3.15. The van der Waals surface area contributed by atoms with Crippen LogP contribution in [0.15, 0.2) is 91.0 Å². The fourth-order valence-electron chi connectivity index (χ4n) is 3.49. The Kier molecular flexibility index (Phi) is 4.07. The van der Waals surface area contributed by atoms with Crippen LogP contribution in [0.5, 0.6) is 0 Å². The first-order valence-corrected chi connectivity index (χ1v) is 9.41. The maximum atomic E-state index is 5.45. The molecule has 0 spiro atoms. The van der Waals surface area contributed by atoms with Crippen LogP contribution in [0.2, 0.25) is 0 Å². The summed E-state index contributed by atoms with van der Waals surface area (Å²) in [5.41, 5.74) is 6.82. The van der Waals surface area contributed by atoms with Gasteiger partial charge in [-0.3, -0.25) is 0 Å². The lowest BCUT2D eigenvalue weighted by Gasteiger charge is -2.16. The van der Waals surface area contributed by atoms with E-state index in [0.29, 0.717) is 4.77 Å². The molecule has 3 aromatic carbocycles. The lowest BCUT2D eigenvalue weighted by Crippen LogP contribution is -2.02. The molecule has 2 heterocycles. The van der Waals surface area contributed by atoms with Gasteiger partial charge < -0.3 is 0 Å². The van der Waals surface area contributed by atoms with Crippen molar-refractivity contribution in [3.8, 4) is 33.5 Å². The molecule has 134 valence electrons. The molecular formula is C23H16N4S. The number of nitrogens with zero attached hydrogens (tertiary/aromatic N) is 3. The number of aromatic nitrogens is 4. The topological polar surface area (TPSA) is 46.0 Å². The normalized spacial score (nSPS) is 11.0. The van der Waals surface area contributed by atoms with Gasteiger partial charge in [-0.15, -0.1) is 0 Å². The second-order valence-corrected chi connectivity index (χ2v) is 6.85. The lowest BCUT2D eigenvalue weighted by atomic mass is 9.92. The highest BCUT2D eigenvalue weighted by molar-refractivity contribution is 7.71. The van der Waals surface area contributed by atoms with E-state index in [2.05, 4.69) is 46.6 Å². The first kappa shape index (κ1) is 16.6. The molecular weight excluding hydrogens is 364 g/mol. The van der Waals surface area contributed by atoms with Gasteiger partial charge in [0.15, 0.2) is 5.65 Å². The number of rotatable bonds is 3. The largest absolute Gasteiger partial charge is 0.250 e. The van der Waals surface area contributed by atoms with Crippen LogP contribution >= 0.6 is 12.2 Å². The van der Waals surface area contributed by atoms with Gasteiger partial charge in [-0.1, -0.05) is 91.0 Å². The molecule has 5 rings (SSSR count). The van der Waals surface area contributed by atoms with E-state index in [1.54, 1.807) is 4.52 Å². The molecule has 5 aromatic rings. The molecule has 0 atom stereocenters. The average molecular weight is 380 g/mol. The molecule has 0 fully saturated rings. The Morgan fingerprint density at radius 3 is 1.71 bits per heavy atom. The molecule has 5 heteroatoms. The monoisotopic (exact) mass is 380 g/mol. The fraction of sp³-hybridized carbons (Fsp3) is 0. The third kappa shape index (κ3) is 2.73. The van der Waals surface area contributed by atoms with Gasteiger partial charge in [0.2, 0.25) is 4.77 Å². The van der Waals surface area contributed by atoms with Crippen LogP contribution in [-0.2, 0) is 0 Å². The summed E-state index contributed by atoms with van der Waals surface area (Å²) in [6, 6.07) is 30.8. The maximum absolute atomic E-state index is 5.45. The number of benzene rings is 3. The third-order valence-electron chi connectivity index (χ3n) is 4.73. The minimum Gasteiger partial charge on any atom is -0.250 e. The molecule has 0 aliphatic rings. The highest BCUT2D eigenvalue weighted by atomic mass is 32.1. The Balaban J connectivity index is 1.99. The van der Waals surface area contributed by atoms with E-state index in [4.69, 9.17) is 17.3 Å². The summed E-state index contributed by atoms with van der Waals surface area (Å²) in [6.07, 6.45) is 0. The van der Waals surface area contributed by atoms with Crippen LogP contribution < -0.4 is 0 Å². The Morgan fingerprint density at radius 1 is 0.643 bits per heavy atom.